The fourth-order valence-electron chi connectivity index (χ4n) is 2.26. The van der Waals surface area contributed by atoms with Gasteiger partial charge in [0.05, 0.1) is 12.5 Å². The third kappa shape index (κ3) is 5.60. The first-order chi connectivity index (χ1) is 11.1. The van der Waals surface area contributed by atoms with Crippen LogP contribution in [0.15, 0.2) is 18.2 Å². The zero-order valence-corrected chi connectivity index (χ0v) is 13.7. The first-order valence-corrected chi connectivity index (χ1v) is 7.35. The molecular weight excluding hydrogens is 322 g/mol. The van der Waals surface area contributed by atoms with Gasteiger partial charge >= 0.3 is 5.97 Å². The summed E-state index contributed by atoms with van der Waals surface area (Å²) in [5.74, 6) is -3.91. The number of nitrogens with one attached hydrogen (secondary N) is 1. The highest BCUT2D eigenvalue weighted by Gasteiger charge is 2.26. The Kier molecular flexibility index (Phi) is 6.82. The minimum atomic E-state index is -1.18. The fourth-order valence-corrected chi connectivity index (χ4v) is 2.26. The molecule has 0 radical (unpaired) electrons. The zero-order valence-electron chi connectivity index (χ0n) is 13.7. The van der Waals surface area contributed by atoms with Crippen molar-refractivity contribution in [2.45, 2.75) is 39.3 Å². The van der Waals surface area contributed by atoms with Gasteiger partial charge in [0.25, 0.3) is 0 Å². The normalized spacial score (nSPS) is 11.9. The molecule has 2 amide bonds. The molecule has 0 heterocycles. The highest BCUT2D eigenvalue weighted by Crippen LogP contribution is 2.22. The second kappa shape index (κ2) is 8.37. The average molecular weight is 342 g/mol. The van der Waals surface area contributed by atoms with Crippen molar-refractivity contribution in [3.05, 3.63) is 35.4 Å². The van der Waals surface area contributed by atoms with E-state index in [9.17, 15) is 23.2 Å². The molecule has 0 spiro atoms. The van der Waals surface area contributed by atoms with Crippen LogP contribution in [0.3, 0.4) is 0 Å². The molecule has 0 saturated heterocycles. The molecule has 0 aliphatic heterocycles. The van der Waals surface area contributed by atoms with E-state index in [2.05, 4.69) is 5.32 Å². The molecule has 0 aliphatic carbocycles. The Morgan fingerprint density at radius 2 is 1.88 bits per heavy atom. The molecule has 0 fully saturated rings. The van der Waals surface area contributed by atoms with Crippen molar-refractivity contribution in [3.63, 3.8) is 0 Å². The van der Waals surface area contributed by atoms with E-state index in [1.165, 1.54) is 6.92 Å². The molecule has 0 saturated carbocycles. The van der Waals surface area contributed by atoms with E-state index < -0.39 is 42.0 Å². The highest BCUT2D eigenvalue weighted by atomic mass is 19.1. The number of carboxylic acid groups (broad SMARTS) is 1. The van der Waals surface area contributed by atoms with Gasteiger partial charge in [-0.3, -0.25) is 14.4 Å². The van der Waals surface area contributed by atoms with Gasteiger partial charge in [0.15, 0.2) is 0 Å². The summed E-state index contributed by atoms with van der Waals surface area (Å²) >= 11 is 0. The molecule has 1 unspecified atom stereocenters. The molecule has 1 atom stereocenters. The van der Waals surface area contributed by atoms with Crippen LogP contribution < -0.4 is 5.32 Å². The van der Waals surface area contributed by atoms with Crippen LogP contribution in [0.5, 0.6) is 0 Å². The Morgan fingerprint density at radius 3 is 2.33 bits per heavy atom. The maximum atomic E-state index is 14.0. The number of halogens is 2. The number of carbonyl (C=O) groups excluding carboxylic acids is 2. The Labute approximate surface area is 138 Å². The molecule has 0 bridgehead atoms. The van der Waals surface area contributed by atoms with Crippen molar-refractivity contribution >= 4 is 17.8 Å². The molecule has 2 N–H and O–H groups in total. The van der Waals surface area contributed by atoms with E-state index in [0.717, 1.165) is 17.0 Å². The van der Waals surface area contributed by atoms with Gasteiger partial charge in [0, 0.05) is 24.6 Å². The molecule has 0 aliphatic rings. The summed E-state index contributed by atoms with van der Waals surface area (Å²) in [6.07, 6.45) is -0.340. The van der Waals surface area contributed by atoms with E-state index >= 15 is 0 Å². The molecule has 1 aromatic carbocycles. The van der Waals surface area contributed by atoms with Gasteiger partial charge in [-0.15, -0.1) is 0 Å². The largest absolute Gasteiger partial charge is 0.480 e. The lowest BCUT2D eigenvalue weighted by atomic mass is 10.0. The van der Waals surface area contributed by atoms with Crippen LogP contribution >= 0.6 is 0 Å². The molecule has 24 heavy (non-hydrogen) atoms. The second-order valence-corrected chi connectivity index (χ2v) is 5.63. The number of carboxylic acids is 1. The Balaban J connectivity index is 3.06. The number of benzene rings is 1. The minimum absolute atomic E-state index is 0.0426. The average Bonchev–Trinajstić information content (AvgIpc) is 2.42. The standard InChI is InChI=1S/C16H20F2N2O4/c1-9(2)20(8-16(23)24)15(22)7-14(19-10(3)21)12-5-4-11(17)6-13(12)18/h4-6,9,14H,7-8H2,1-3H3,(H,19,21)(H,23,24). The number of hydrogen-bond acceptors (Lipinski definition) is 3. The third-order valence-electron chi connectivity index (χ3n) is 3.34. The summed E-state index contributed by atoms with van der Waals surface area (Å²) < 4.78 is 27.0. The van der Waals surface area contributed by atoms with Gasteiger partial charge in [-0.2, -0.15) is 0 Å². The van der Waals surface area contributed by atoms with Crippen molar-refractivity contribution in [2.24, 2.45) is 0 Å². The lowest BCUT2D eigenvalue weighted by molar-refractivity contribution is -0.146. The number of nitrogens with zero attached hydrogens (tertiary/aromatic N) is 1. The number of amides is 2. The fraction of sp³-hybridized carbons (Fsp3) is 0.438. The molecule has 132 valence electrons. The SMILES string of the molecule is CC(=O)NC(CC(=O)N(CC(=O)O)C(C)C)c1ccc(F)cc1F. The van der Waals surface area contributed by atoms with Crippen LogP contribution in [0.1, 0.15) is 38.8 Å². The Bertz CT molecular complexity index is 635. The van der Waals surface area contributed by atoms with Crippen LogP contribution in [-0.2, 0) is 14.4 Å². The van der Waals surface area contributed by atoms with Gasteiger partial charge in [-0.05, 0) is 19.9 Å². The molecule has 1 rings (SSSR count). The topological polar surface area (TPSA) is 86.7 Å². The van der Waals surface area contributed by atoms with Crippen LogP contribution in [0.4, 0.5) is 8.78 Å². The summed E-state index contributed by atoms with van der Waals surface area (Å²) in [5.41, 5.74) is -0.0426. The van der Waals surface area contributed by atoms with Gasteiger partial charge in [0.1, 0.15) is 18.2 Å². The van der Waals surface area contributed by atoms with Crippen molar-refractivity contribution in [2.75, 3.05) is 6.54 Å². The van der Waals surface area contributed by atoms with Crippen LogP contribution in [0, 0.1) is 11.6 Å². The van der Waals surface area contributed by atoms with Gasteiger partial charge in [0.2, 0.25) is 11.8 Å². The zero-order chi connectivity index (χ0) is 18.4. The Hall–Kier alpha value is -2.51. The minimum Gasteiger partial charge on any atom is -0.480 e. The molecule has 1 aromatic rings. The summed E-state index contributed by atoms with van der Waals surface area (Å²) in [4.78, 5) is 35.7. The monoisotopic (exact) mass is 342 g/mol. The molecule has 8 heteroatoms. The second-order valence-electron chi connectivity index (χ2n) is 5.63. The smallest absolute Gasteiger partial charge is 0.323 e. The van der Waals surface area contributed by atoms with Crippen LogP contribution in [-0.4, -0.2) is 40.4 Å². The van der Waals surface area contributed by atoms with Crippen LogP contribution in [0.25, 0.3) is 0 Å². The molecular formula is C16H20F2N2O4. The number of hydrogen-bond donors (Lipinski definition) is 2. The predicted molar refractivity (Wildman–Crippen MR) is 82.0 cm³/mol. The van der Waals surface area contributed by atoms with E-state index in [1.807, 2.05) is 0 Å². The van der Waals surface area contributed by atoms with Crippen molar-refractivity contribution < 1.29 is 28.3 Å². The summed E-state index contributed by atoms with van der Waals surface area (Å²) in [6, 6.07) is 1.42. The van der Waals surface area contributed by atoms with E-state index in [1.54, 1.807) is 13.8 Å². The van der Waals surface area contributed by atoms with Crippen molar-refractivity contribution in [1.82, 2.24) is 10.2 Å². The van der Waals surface area contributed by atoms with E-state index in [0.29, 0.717) is 6.07 Å². The van der Waals surface area contributed by atoms with Gasteiger partial charge in [-0.1, -0.05) is 6.07 Å². The highest BCUT2D eigenvalue weighted by molar-refractivity contribution is 5.83. The first kappa shape index (κ1) is 19.5. The summed E-state index contributed by atoms with van der Waals surface area (Å²) in [6.45, 7) is 3.99. The number of rotatable bonds is 7. The predicted octanol–water partition coefficient (Wildman–Crippen LogP) is 1.85. The van der Waals surface area contributed by atoms with Crippen molar-refractivity contribution in [1.29, 1.82) is 0 Å². The summed E-state index contributed by atoms with van der Waals surface area (Å²) in [7, 11) is 0. The lowest BCUT2D eigenvalue weighted by Gasteiger charge is -2.27. The molecule has 0 aromatic heterocycles. The maximum Gasteiger partial charge on any atom is 0.323 e. The third-order valence-corrected chi connectivity index (χ3v) is 3.34. The summed E-state index contributed by atoms with van der Waals surface area (Å²) in [5, 5.41) is 11.3. The van der Waals surface area contributed by atoms with Crippen molar-refractivity contribution in [3.8, 4) is 0 Å². The number of aliphatic carboxylic acids is 1. The number of carbonyl (C=O) groups is 3. The van der Waals surface area contributed by atoms with E-state index in [-0.39, 0.29) is 18.0 Å². The first-order valence-electron chi connectivity index (χ1n) is 7.35. The van der Waals surface area contributed by atoms with Crippen LogP contribution in [0.2, 0.25) is 0 Å². The quantitative estimate of drug-likeness (QED) is 0.792. The maximum absolute atomic E-state index is 14.0. The lowest BCUT2D eigenvalue weighted by Crippen LogP contribution is -2.42. The van der Waals surface area contributed by atoms with Gasteiger partial charge in [-0.25, -0.2) is 8.78 Å². The van der Waals surface area contributed by atoms with Gasteiger partial charge < -0.3 is 15.3 Å². The van der Waals surface area contributed by atoms with E-state index in [4.69, 9.17) is 5.11 Å². The Morgan fingerprint density at radius 1 is 1.25 bits per heavy atom. The molecule has 6 nitrogen and oxygen atoms in total.